The van der Waals surface area contributed by atoms with Crippen molar-refractivity contribution in [1.82, 2.24) is 0 Å². The van der Waals surface area contributed by atoms with Crippen molar-refractivity contribution in [3.63, 3.8) is 0 Å². The summed E-state index contributed by atoms with van der Waals surface area (Å²) >= 11 is 1.24. The van der Waals surface area contributed by atoms with Crippen LogP contribution in [0, 0.1) is 25.2 Å². The van der Waals surface area contributed by atoms with E-state index in [0.717, 1.165) is 16.7 Å². The molecule has 35 heavy (non-hydrogen) atoms. The van der Waals surface area contributed by atoms with Crippen LogP contribution in [0.2, 0.25) is 0 Å². The van der Waals surface area contributed by atoms with Gasteiger partial charge in [0.25, 0.3) is 5.91 Å². The van der Waals surface area contributed by atoms with Gasteiger partial charge in [-0.3, -0.25) is 14.5 Å². The minimum absolute atomic E-state index is 0.0994. The monoisotopic (exact) mass is 483 g/mol. The van der Waals surface area contributed by atoms with Crippen molar-refractivity contribution in [2.45, 2.75) is 25.5 Å². The summed E-state index contributed by atoms with van der Waals surface area (Å²) in [5.41, 5.74) is 4.14. The number of methoxy groups -OCH3 is 1. The average molecular weight is 484 g/mol. The molecule has 1 unspecified atom stereocenters. The van der Waals surface area contributed by atoms with Crippen molar-refractivity contribution in [3.8, 4) is 11.8 Å². The molecule has 0 saturated carbocycles. The number of carbonyl (C=O) groups excluding carboxylic acids is 2. The Bertz CT molecular complexity index is 1320. The number of nitriles is 1. The number of benzene rings is 3. The van der Waals surface area contributed by atoms with Gasteiger partial charge < -0.3 is 10.1 Å². The van der Waals surface area contributed by atoms with Gasteiger partial charge in [-0.05, 0) is 62.2 Å². The van der Waals surface area contributed by atoms with Gasteiger partial charge in [0, 0.05) is 11.4 Å². The van der Waals surface area contributed by atoms with E-state index in [2.05, 4.69) is 5.32 Å². The molecule has 7 heteroatoms. The van der Waals surface area contributed by atoms with E-state index in [9.17, 15) is 14.9 Å². The van der Waals surface area contributed by atoms with E-state index in [4.69, 9.17) is 4.74 Å². The van der Waals surface area contributed by atoms with Crippen LogP contribution < -0.4 is 15.0 Å². The maximum absolute atomic E-state index is 13.6. The molecule has 3 aromatic carbocycles. The second kappa shape index (κ2) is 10.5. The molecule has 0 radical (unpaired) electrons. The van der Waals surface area contributed by atoms with E-state index in [1.54, 1.807) is 19.2 Å². The fourth-order valence-corrected chi connectivity index (χ4v) is 5.07. The highest BCUT2D eigenvalue weighted by Crippen LogP contribution is 2.42. The molecule has 1 heterocycles. The lowest BCUT2D eigenvalue weighted by Gasteiger charge is -2.19. The Labute approximate surface area is 209 Å². The van der Waals surface area contributed by atoms with Gasteiger partial charge in [0.05, 0.1) is 12.4 Å². The zero-order chi connectivity index (χ0) is 24.9. The van der Waals surface area contributed by atoms with Crippen LogP contribution in [-0.4, -0.2) is 24.2 Å². The first kappa shape index (κ1) is 24.1. The van der Waals surface area contributed by atoms with Crippen LogP contribution in [0.4, 0.5) is 11.4 Å². The van der Waals surface area contributed by atoms with E-state index >= 15 is 0 Å². The Morgan fingerprint density at radius 3 is 2.34 bits per heavy atom. The largest absolute Gasteiger partial charge is 0.497 e. The summed E-state index contributed by atoms with van der Waals surface area (Å²) in [5.74, 6) is -0.0161. The third kappa shape index (κ3) is 5.39. The van der Waals surface area contributed by atoms with E-state index < -0.39 is 11.2 Å². The summed E-state index contributed by atoms with van der Waals surface area (Å²) < 4.78 is 5.31. The summed E-state index contributed by atoms with van der Waals surface area (Å²) in [6, 6.07) is 24.4. The van der Waals surface area contributed by atoms with E-state index in [1.807, 2.05) is 80.6 Å². The summed E-state index contributed by atoms with van der Waals surface area (Å²) in [6.45, 7) is 3.92. The number of anilines is 2. The fourth-order valence-electron chi connectivity index (χ4n) is 3.76. The molecule has 4 rings (SSSR count). The highest BCUT2D eigenvalue weighted by atomic mass is 32.2. The first-order chi connectivity index (χ1) is 16.9. The van der Waals surface area contributed by atoms with Gasteiger partial charge in [-0.2, -0.15) is 5.26 Å². The highest BCUT2D eigenvalue weighted by Gasteiger charge is 2.40. The van der Waals surface area contributed by atoms with Crippen LogP contribution in [0.5, 0.6) is 5.75 Å². The van der Waals surface area contributed by atoms with Crippen molar-refractivity contribution in [3.05, 3.63) is 100 Å². The van der Waals surface area contributed by atoms with E-state index in [-0.39, 0.29) is 11.5 Å². The molecular formula is C28H25N3O3S. The number of thioether (sulfide) groups is 1. The number of hydrogen-bond donors (Lipinski definition) is 1. The lowest BCUT2D eigenvalue weighted by atomic mass is 10.1. The number of ether oxygens (including phenoxy) is 1. The number of hydrogen-bond acceptors (Lipinski definition) is 5. The minimum atomic E-state index is -0.550. The Kier molecular flexibility index (Phi) is 7.23. The smallest absolute Gasteiger partial charge is 0.269 e. The molecule has 1 aliphatic rings. The first-order valence-corrected chi connectivity index (χ1v) is 12.0. The van der Waals surface area contributed by atoms with E-state index in [0.29, 0.717) is 28.6 Å². The number of carbonyl (C=O) groups is 2. The van der Waals surface area contributed by atoms with Gasteiger partial charge in [-0.25, -0.2) is 0 Å². The van der Waals surface area contributed by atoms with Crippen LogP contribution in [0.3, 0.4) is 0 Å². The second-order valence-electron chi connectivity index (χ2n) is 8.28. The van der Waals surface area contributed by atoms with Gasteiger partial charge >= 0.3 is 0 Å². The Morgan fingerprint density at radius 1 is 1.06 bits per heavy atom. The molecule has 1 fully saturated rings. The highest BCUT2D eigenvalue weighted by molar-refractivity contribution is 8.05. The third-order valence-corrected chi connectivity index (χ3v) is 6.93. The lowest BCUT2D eigenvalue weighted by Crippen LogP contribution is -2.30. The number of nitrogens with zero attached hydrogens (tertiary/aromatic N) is 2. The average Bonchev–Trinajstić information content (AvgIpc) is 3.17. The van der Waals surface area contributed by atoms with Gasteiger partial charge in [-0.1, -0.05) is 59.3 Å². The number of amides is 2. The van der Waals surface area contributed by atoms with Crippen LogP contribution in [-0.2, 0) is 16.0 Å². The zero-order valence-corrected chi connectivity index (χ0v) is 20.6. The number of nitrogens with one attached hydrogen (secondary N) is 1. The molecule has 2 amide bonds. The van der Waals surface area contributed by atoms with Crippen LogP contribution >= 0.6 is 11.8 Å². The summed E-state index contributed by atoms with van der Waals surface area (Å²) in [6.07, 6.45) is 0.435. The molecule has 176 valence electrons. The van der Waals surface area contributed by atoms with Gasteiger partial charge in [0.1, 0.15) is 22.4 Å². The van der Waals surface area contributed by atoms with Crippen molar-refractivity contribution >= 4 is 35.0 Å². The molecule has 0 bridgehead atoms. The normalized spacial score (nSPS) is 16.6. The Morgan fingerprint density at radius 2 is 1.71 bits per heavy atom. The molecule has 3 aromatic rings. The summed E-state index contributed by atoms with van der Waals surface area (Å²) in [5, 5.41) is 12.6. The minimum Gasteiger partial charge on any atom is -0.497 e. The van der Waals surface area contributed by atoms with Gasteiger partial charge in [0.2, 0.25) is 5.91 Å². The van der Waals surface area contributed by atoms with Gasteiger partial charge in [0.15, 0.2) is 0 Å². The molecule has 1 saturated heterocycles. The zero-order valence-electron chi connectivity index (χ0n) is 19.7. The van der Waals surface area contributed by atoms with Crippen LogP contribution in [0.15, 0.2) is 83.4 Å². The van der Waals surface area contributed by atoms with Crippen LogP contribution in [0.25, 0.3) is 0 Å². The number of aryl methyl sites for hydroxylation is 2. The SMILES string of the molecule is COc1cccc(CC2SC(=C(C#N)C(=O)Nc3ccc(C)cc3)N(c3ccc(C)cc3)C2=O)c1. The van der Waals surface area contributed by atoms with Crippen LogP contribution in [0.1, 0.15) is 16.7 Å². The predicted molar refractivity (Wildman–Crippen MR) is 139 cm³/mol. The van der Waals surface area contributed by atoms with E-state index in [1.165, 1.54) is 16.7 Å². The molecule has 0 spiro atoms. The maximum Gasteiger partial charge on any atom is 0.269 e. The quantitative estimate of drug-likeness (QED) is 0.376. The molecular weight excluding hydrogens is 458 g/mol. The van der Waals surface area contributed by atoms with Gasteiger partial charge in [-0.15, -0.1) is 0 Å². The lowest BCUT2D eigenvalue weighted by molar-refractivity contribution is -0.117. The third-order valence-electron chi connectivity index (χ3n) is 5.66. The van der Waals surface area contributed by atoms with Crippen molar-refractivity contribution in [2.75, 3.05) is 17.3 Å². The molecule has 1 N–H and O–H groups in total. The Hall–Kier alpha value is -4.02. The molecule has 1 atom stereocenters. The van der Waals surface area contributed by atoms with Crippen molar-refractivity contribution < 1.29 is 14.3 Å². The molecule has 0 aromatic heterocycles. The Balaban J connectivity index is 1.71. The standard InChI is InChI=1S/C28H25N3O3S/c1-18-7-11-21(12-8-18)30-26(32)24(17-29)28-31(22-13-9-19(2)10-14-22)27(33)25(35-28)16-20-5-4-6-23(15-20)34-3/h4-15,25H,16H2,1-3H3,(H,30,32). The maximum atomic E-state index is 13.6. The fraction of sp³-hybridized carbons (Fsp3) is 0.179. The number of rotatable bonds is 6. The topological polar surface area (TPSA) is 82.4 Å². The molecule has 6 nitrogen and oxygen atoms in total. The summed E-state index contributed by atoms with van der Waals surface area (Å²) in [4.78, 5) is 28.2. The summed E-state index contributed by atoms with van der Waals surface area (Å²) in [7, 11) is 1.60. The van der Waals surface area contributed by atoms with Crippen molar-refractivity contribution in [1.29, 1.82) is 5.26 Å². The van der Waals surface area contributed by atoms with Crippen molar-refractivity contribution in [2.24, 2.45) is 0 Å². The first-order valence-electron chi connectivity index (χ1n) is 11.1. The predicted octanol–water partition coefficient (Wildman–Crippen LogP) is 5.38. The second-order valence-corrected chi connectivity index (χ2v) is 9.47. The molecule has 0 aliphatic carbocycles. The molecule has 1 aliphatic heterocycles.